The van der Waals surface area contributed by atoms with E-state index in [0.29, 0.717) is 18.3 Å². The maximum atomic E-state index is 12.3. The van der Waals surface area contributed by atoms with Crippen LogP contribution in [-0.2, 0) is 17.9 Å². The molecule has 1 N–H and O–H groups in total. The molecule has 7 heteroatoms. The molecule has 0 radical (unpaired) electrons. The molecule has 0 fully saturated rings. The second-order valence-corrected chi connectivity index (χ2v) is 7.90. The van der Waals surface area contributed by atoms with Crippen molar-refractivity contribution in [1.82, 2.24) is 14.8 Å². The van der Waals surface area contributed by atoms with Crippen LogP contribution in [0.2, 0.25) is 0 Å². The van der Waals surface area contributed by atoms with Gasteiger partial charge in [0.1, 0.15) is 12.4 Å². The standard InChI is InChI=1S/C22H26N4O2S/c1-5-26-20(13-28-19-11-16(3)9-17(4)12-19)24-25-22(26)29-14-21(27)23-18-8-6-7-15(2)10-18/h6-12H,5,13-14H2,1-4H3,(H,23,27). The van der Waals surface area contributed by atoms with Crippen molar-refractivity contribution in [1.29, 1.82) is 0 Å². The molecular weight excluding hydrogens is 384 g/mol. The number of rotatable bonds is 8. The minimum atomic E-state index is -0.0701. The lowest BCUT2D eigenvalue weighted by molar-refractivity contribution is -0.113. The first-order valence-electron chi connectivity index (χ1n) is 9.57. The van der Waals surface area contributed by atoms with Crippen molar-refractivity contribution in [3.8, 4) is 5.75 Å². The van der Waals surface area contributed by atoms with Gasteiger partial charge in [-0.3, -0.25) is 4.79 Å². The zero-order chi connectivity index (χ0) is 20.8. The van der Waals surface area contributed by atoms with Crippen LogP contribution in [0.5, 0.6) is 5.75 Å². The Morgan fingerprint density at radius 2 is 1.83 bits per heavy atom. The molecule has 3 aromatic rings. The van der Waals surface area contributed by atoms with Gasteiger partial charge in [-0.15, -0.1) is 10.2 Å². The van der Waals surface area contributed by atoms with Gasteiger partial charge in [0.05, 0.1) is 5.75 Å². The number of aromatic nitrogens is 3. The van der Waals surface area contributed by atoms with Crippen molar-refractivity contribution in [2.24, 2.45) is 0 Å². The maximum absolute atomic E-state index is 12.3. The minimum absolute atomic E-state index is 0.0701. The number of aryl methyl sites for hydroxylation is 3. The Labute approximate surface area is 175 Å². The van der Waals surface area contributed by atoms with Gasteiger partial charge in [0, 0.05) is 12.2 Å². The molecule has 0 atom stereocenters. The first-order chi connectivity index (χ1) is 13.9. The topological polar surface area (TPSA) is 69.0 Å². The highest BCUT2D eigenvalue weighted by atomic mass is 32.2. The fraction of sp³-hybridized carbons (Fsp3) is 0.318. The molecule has 0 spiro atoms. The number of anilines is 1. The third kappa shape index (κ3) is 5.84. The van der Waals surface area contributed by atoms with E-state index in [0.717, 1.165) is 34.0 Å². The average Bonchev–Trinajstić information content (AvgIpc) is 3.06. The largest absolute Gasteiger partial charge is 0.486 e. The molecule has 2 aromatic carbocycles. The van der Waals surface area contributed by atoms with Gasteiger partial charge >= 0.3 is 0 Å². The van der Waals surface area contributed by atoms with E-state index in [1.807, 2.05) is 68.7 Å². The first-order valence-corrected chi connectivity index (χ1v) is 10.6. The van der Waals surface area contributed by atoms with Crippen molar-refractivity contribution < 1.29 is 9.53 Å². The summed E-state index contributed by atoms with van der Waals surface area (Å²) in [7, 11) is 0. The van der Waals surface area contributed by atoms with Crippen molar-refractivity contribution in [2.45, 2.75) is 46.0 Å². The molecule has 29 heavy (non-hydrogen) atoms. The van der Waals surface area contributed by atoms with Crippen LogP contribution < -0.4 is 10.1 Å². The smallest absolute Gasteiger partial charge is 0.234 e. The maximum Gasteiger partial charge on any atom is 0.234 e. The Balaban J connectivity index is 1.59. The monoisotopic (exact) mass is 410 g/mol. The molecule has 0 saturated heterocycles. The van der Waals surface area contributed by atoms with Crippen LogP contribution in [0.25, 0.3) is 0 Å². The van der Waals surface area contributed by atoms with Crippen molar-refractivity contribution in [3.63, 3.8) is 0 Å². The lowest BCUT2D eigenvalue weighted by Gasteiger charge is -2.10. The normalized spacial score (nSPS) is 10.8. The predicted molar refractivity (Wildman–Crippen MR) is 116 cm³/mol. The lowest BCUT2D eigenvalue weighted by Crippen LogP contribution is -2.15. The fourth-order valence-corrected chi connectivity index (χ4v) is 3.89. The van der Waals surface area contributed by atoms with Crippen LogP contribution in [0.15, 0.2) is 47.6 Å². The van der Waals surface area contributed by atoms with Crippen LogP contribution in [0, 0.1) is 20.8 Å². The van der Waals surface area contributed by atoms with Crippen LogP contribution >= 0.6 is 11.8 Å². The van der Waals surface area contributed by atoms with Crippen LogP contribution in [0.4, 0.5) is 5.69 Å². The number of ether oxygens (including phenoxy) is 1. The molecule has 0 unspecified atom stereocenters. The zero-order valence-corrected chi connectivity index (χ0v) is 18.0. The number of hydrogen-bond donors (Lipinski definition) is 1. The predicted octanol–water partition coefficient (Wildman–Crippen LogP) is 4.53. The molecule has 1 amide bonds. The van der Waals surface area contributed by atoms with E-state index in [1.54, 1.807) is 0 Å². The lowest BCUT2D eigenvalue weighted by atomic mass is 10.1. The van der Waals surface area contributed by atoms with E-state index in [9.17, 15) is 4.79 Å². The van der Waals surface area contributed by atoms with E-state index in [1.165, 1.54) is 11.8 Å². The summed E-state index contributed by atoms with van der Waals surface area (Å²) in [6.45, 7) is 9.16. The van der Waals surface area contributed by atoms with Crippen LogP contribution in [0.1, 0.15) is 29.4 Å². The van der Waals surface area contributed by atoms with Crippen LogP contribution in [0.3, 0.4) is 0 Å². The van der Waals surface area contributed by atoms with Gasteiger partial charge in [-0.1, -0.05) is 30.0 Å². The highest BCUT2D eigenvalue weighted by Crippen LogP contribution is 2.21. The zero-order valence-electron chi connectivity index (χ0n) is 17.2. The quantitative estimate of drug-likeness (QED) is 0.553. The van der Waals surface area contributed by atoms with Gasteiger partial charge in [-0.25, -0.2) is 0 Å². The first kappa shape index (κ1) is 20.9. The summed E-state index contributed by atoms with van der Waals surface area (Å²) in [5.74, 6) is 1.76. The molecule has 0 aliphatic rings. The SMILES string of the molecule is CCn1c(COc2cc(C)cc(C)c2)nnc1SCC(=O)Nc1cccc(C)c1. The summed E-state index contributed by atoms with van der Waals surface area (Å²) in [5.41, 5.74) is 4.23. The van der Waals surface area contributed by atoms with E-state index in [2.05, 4.69) is 21.6 Å². The second kappa shape index (κ2) is 9.60. The van der Waals surface area contributed by atoms with E-state index >= 15 is 0 Å². The van der Waals surface area contributed by atoms with Crippen molar-refractivity contribution >= 4 is 23.4 Å². The Bertz CT molecular complexity index is 980. The highest BCUT2D eigenvalue weighted by Gasteiger charge is 2.14. The van der Waals surface area contributed by atoms with Crippen LogP contribution in [-0.4, -0.2) is 26.4 Å². The molecule has 0 aliphatic heterocycles. The number of nitrogens with zero attached hydrogens (tertiary/aromatic N) is 3. The molecule has 0 aliphatic carbocycles. The Hall–Kier alpha value is -2.80. The second-order valence-electron chi connectivity index (χ2n) is 6.96. The fourth-order valence-electron chi connectivity index (χ4n) is 3.06. The molecule has 3 rings (SSSR count). The van der Waals surface area contributed by atoms with E-state index < -0.39 is 0 Å². The number of benzene rings is 2. The molecule has 152 valence electrons. The summed E-state index contributed by atoms with van der Waals surface area (Å²) < 4.78 is 7.89. The van der Waals surface area contributed by atoms with Crippen molar-refractivity contribution in [3.05, 3.63) is 65.0 Å². The Morgan fingerprint density at radius 1 is 1.07 bits per heavy atom. The Morgan fingerprint density at radius 3 is 2.52 bits per heavy atom. The third-order valence-electron chi connectivity index (χ3n) is 4.31. The van der Waals surface area contributed by atoms with Gasteiger partial charge in [0.2, 0.25) is 5.91 Å². The van der Waals surface area contributed by atoms with Gasteiger partial charge in [0.25, 0.3) is 0 Å². The minimum Gasteiger partial charge on any atom is -0.486 e. The van der Waals surface area contributed by atoms with Gasteiger partial charge in [-0.2, -0.15) is 0 Å². The number of thioether (sulfide) groups is 1. The van der Waals surface area contributed by atoms with E-state index in [4.69, 9.17) is 4.74 Å². The number of amides is 1. The van der Waals surface area contributed by atoms with Crippen molar-refractivity contribution in [2.75, 3.05) is 11.1 Å². The summed E-state index contributed by atoms with van der Waals surface area (Å²) in [4.78, 5) is 12.3. The summed E-state index contributed by atoms with van der Waals surface area (Å²) in [6, 6.07) is 13.9. The number of nitrogens with one attached hydrogen (secondary N) is 1. The molecule has 1 heterocycles. The summed E-state index contributed by atoms with van der Waals surface area (Å²) >= 11 is 1.37. The molecule has 0 saturated carbocycles. The third-order valence-corrected chi connectivity index (χ3v) is 5.27. The molecule has 6 nitrogen and oxygen atoms in total. The van der Waals surface area contributed by atoms with Gasteiger partial charge in [0.15, 0.2) is 11.0 Å². The van der Waals surface area contributed by atoms with Gasteiger partial charge in [-0.05, 0) is 68.7 Å². The average molecular weight is 411 g/mol. The summed E-state index contributed by atoms with van der Waals surface area (Å²) in [5, 5.41) is 12.1. The van der Waals surface area contributed by atoms with E-state index in [-0.39, 0.29) is 11.7 Å². The summed E-state index contributed by atoms with van der Waals surface area (Å²) in [6.07, 6.45) is 0. The molecule has 0 bridgehead atoms. The highest BCUT2D eigenvalue weighted by molar-refractivity contribution is 7.99. The molecular formula is C22H26N4O2S. The number of carbonyl (C=O) groups is 1. The van der Waals surface area contributed by atoms with Gasteiger partial charge < -0.3 is 14.6 Å². The number of carbonyl (C=O) groups excluding carboxylic acids is 1. The number of hydrogen-bond acceptors (Lipinski definition) is 5. The molecule has 1 aromatic heterocycles. The Kier molecular flexibility index (Phi) is 6.93.